The number of sulfonamides is 1. The van der Waals surface area contributed by atoms with Crippen LogP contribution >= 0.6 is 0 Å². The van der Waals surface area contributed by atoms with E-state index in [1.165, 1.54) is 0 Å². The first-order valence-corrected chi connectivity index (χ1v) is 9.71. The summed E-state index contributed by atoms with van der Waals surface area (Å²) in [6, 6.07) is 6.78. The van der Waals surface area contributed by atoms with E-state index in [0.717, 1.165) is 32.4 Å². The third-order valence-electron chi connectivity index (χ3n) is 4.91. The van der Waals surface area contributed by atoms with Crippen molar-refractivity contribution in [3.8, 4) is 0 Å². The predicted molar refractivity (Wildman–Crippen MR) is 90.8 cm³/mol. The first-order chi connectivity index (χ1) is 10.9. The summed E-state index contributed by atoms with van der Waals surface area (Å²) in [4.78, 5) is 12.4. The van der Waals surface area contributed by atoms with Gasteiger partial charge >= 0.3 is 0 Å². The van der Waals surface area contributed by atoms with Crippen LogP contribution in [0, 0.1) is 11.3 Å². The Bertz CT molecular complexity index is 679. The second kappa shape index (κ2) is 6.13. The summed E-state index contributed by atoms with van der Waals surface area (Å²) in [5.41, 5.74) is 1.42. The highest BCUT2D eigenvalue weighted by atomic mass is 32.2. The number of anilines is 2. The molecule has 1 aromatic carbocycles. The van der Waals surface area contributed by atoms with Crippen LogP contribution in [0.5, 0.6) is 0 Å². The third-order valence-corrected chi connectivity index (χ3v) is 6.22. The molecule has 2 aliphatic rings. The number of rotatable bonds is 5. The molecule has 3 N–H and O–H groups in total. The van der Waals surface area contributed by atoms with Gasteiger partial charge in [0.25, 0.3) is 0 Å². The van der Waals surface area contributed by atoms with Crippen molar-refractivity contribution in [3.05, 3.63) is 24.3 Å². The molecule has 0 aromatic heterocycles. The minimum Gasteiger partial charge on any atom is -0.326 e. The lowest BCUT2D eigenvalue weighted by molar-refractivity contribution is -0.118. The number of hydrogen-bond donors (Lipinski definition) is 3. The molecule has 126 valence electrons. The van der Waals surface area contributed by atoms with E-state index in [0.29, 0.717) is 11.4 Å². The Labute approximate surface area is 137 Å². The lowest BCUT2D eigenvalue weighted by Crippen LogP contribution is -2.31. The van der Waals surface area contributed by atoms with E-state index in [1.54, 1.807) is 31.2 Å². The van der Waals surface area contributed by atoms with Crippen LogP contribution in [0.25, 0.3) is 0 Å². The van der Waals surface area contributed by atoms with Crippen LogP contribution in [0.15, 0.2) is 24.3 Å². The highest BCUT2D eigenvalue weighted by molar-refractivity contribution is 7.92. The lowest BCUT2D eigenvalue weighted by Gasteiger charge is -2.23. The van der Waals surface area contributed by atoms with Crippen molar-refractivity contribution in [2.24, 2.45) is 11.3 Å². The first-order valence-electron chi connectivity index (χ1n) is 8.06. The molecule has 0 radical (unpaired) electrons. The molecule has 2 fully saturated rings. The summed E-state index contributed by atoms with van der Waals surface area (Å²) in [5.74, 6) is 0.223. The quantitative estimate of drug-likeness (QED) is 0.764. The second-order valence-electron chi connectivity index (χ2n) is 6.44. The van der Waals surface area contributed by atoms with Gasteiger partial charge in [-0.3, -0.25) is 9.52 Å². The van der Waals surface area contributed by atoms with Gasteiger partial charge in [-0.05, 0) is 69.0 Å². The van der Waals surface area contributed by atoms with Crippen LogP contribution in [0.1, 0.15) is 26.2 Å². The first kappa shape index (κ1) is 16.3. The van der Waals surface area contributed by atoms with Gasteiger partial charge in [-0.15, -0.1) is 0 Å². The van der Waals surface area contributed by atoms with Crippen molar-refractivity contribution in [1.29, 1.82) is 0 Å². The smallest absolute Gasteiger partial charge is 0.232 e. The van der Waals surface area contributed by atoms with Gasteiger partial charge in [-0.25, -0.2) is 8.42 Å². The topological polar surface area (TPSA) is 87.3 Å². The number of nitrogens with one attached hydrogen (secondary N) is 3. The normalized spacial score (nSPS) is 22.6. The highest BCUT2D eigenvalue weighted by Gasteiger charge is 2.57. The van der Waals surface area contributed by atoms with Gasteiger partial charge in [0.15, 0.2) is 0 Å². The molecule has 1 amide bonds. The summed E-state index contributed by atoms with van der Waals surface area (Å²) < 4.78 is 25.5. The maximum atomic E-state index is 12.4. The molecule has 23 heavy (non-hydrogen) atoms. The molecular weight excluding hydrogens is 314 g/mol. The molecule has 1 heterocycles. The van der Waals surface area contributed by atoms with Crippen molar-refractivity contribution in [3.63, 3.8) is 0 Å². The van der Waals surface area contributed by atoms with Crippen molar-refractivity contribution in [1.82, 2.24) is 5.32 Å². The van der Waals surface area contributed by atoms with Crippen LogP contribution in [0.3, 0.4) is 0 Å². The Hall–Kier alpha value is -1.60. The Morgan fingerprint density at radius 3 is 2.43 bits per heavy atom. The Morgan fingerprint density at radius 2 is 1.83 bits per heavy atom. The average molecular weight is 337 g/mol. The zero-order valence-corrected chi connectivity index (χ0v) is 14.1. The van der Waals surface area contributed by atoms with Crippen molar-refractivity contribution < 1.29 is 13.2 Å². The molecule has 1 atom stereocenters. The minimum atomic E-state index is -3.27. The summed E-state index contributed by atoms with van der Waals surface area (Å²) in [6.07, 6.45) is 3.13. The van der Waals surface area contributed by atoms with Crippen LogP contribution in [-0.4, -0.2) is 33.2 Å². The fourth-order valence-electron chi connectivity index (χ4n) is 3.30. The van der Waals surface area contributed by atoms with E-state index in [4.69, 9.17) is 0 Å². The molecule has 1 saturated heterocycles. The fourth-order valence-corrected chi connectivity index (χ4v) is 3.94. The zero-order chi connectivity index (χ0) is 16.5. The summed E-state index contributed by atoms with van der Waals surface area (Å²) in [7, 11) is -3.27. The third kappa shape index (κ3) is 3.67. The summed E-state index contributed by atoms with van der Waals surface area (Å²) in [5, 5.41) is 6.27. The Balaban J connectivity index is 1.57. The maximum Gasteiger partial charge on any atom is 0.232 e. The van der Waals surface area contributed by atoms with Crippen LogP contribution < -0.4 is 15.4 Å². The van der Waals surface area contributed by atoms with E-state index in [1.807, 2.05) is 0 Å². The van der Waals surface area contributed by atoms with E-state index < -0.39 is 10.0 Å². The molecular formula is C16H23N3O3S. The molecule has 7 heteroatoms. The highest BCUT2D eigenvalue weighted by Crippen LogP contribution is 2.58. The lowest BCUT2D eigenvalue weighted by atomic mass is 9.92. The zero-order valence-electron chi connectivity index (χ0n) is 13.3. The molecule has 0 bridgehead atoms. The second-order valence-corrected chi connectivity index (χ2v) is 8.45. The van der Waals surface area contributed by atoms with Crippen LogP contribution in [0.2, 0.25) is 0 Å². The minimum absolute atomic E-state index is 0.0319. The largest absolute Gasteiger partial charge is 0.326 e. The molecule has 3 rings (SSSR count). The molecule has 6 nitrogen and oxygen atoms in total. The van der Waals surface area contributed by atoms with Crippen molar-refractivity contribution in [2.75, 3.05) is 28.9 Å². The van der Waals surface area contributed by atoms with Crippen LogP contribution in [0.4, 0.5) is 11.4 Å². The van der Waals surface area contributed by atoms with Gasteiger partial charge in [-0.2, -0.15) is 0 Å². The van der Waals surface area contributed by atoms with Gasteiger partial charge in [0, 0.05) is 17.3 Å². The molecule has 1 aromatic rings. The number of benzene rings is 1. The van der Waals surface area contributed by atoms with Crippen molar-refractivity contribution >= 4 is 27.3 Å². The standard InChI is InChI=1S/C16H23N3O3S/c1-2-23(21,22)19-13-5-3-12(4-6-13)18-15(20)14-11-16(14)7-9-17-10-8-16/h3-6,14,17,19H,2,7-11H2,1H3,(H,18,20). The fraction of sp³-hybridized carbons (Fsp3) is 0.562. The van der Waals surface area contributed by atoms with Gasteiger partial charge in [0.2, 0.25) is 15.9 Å². The number of carbonyl (C=O) groups is 1. The van der Waals surface area contributed by atoms with Gasteiger partial charge in [-0.1, -0.05) is 0 Å². The van der Waals surface area contributed by atoms with E-state index in [-0.39, 0.29) is 23.0 Å². The number of amides is 1. The summed E-state index contributed by atoms with van der Waals surface area (Å²) in [6.45, 7) is 3.58. The van der Waals surface area contributed by atoms with Gasteiger partial charge < -0.3 is 10.6 Å². The predicted octanol–water partition coefficient (Wildman–Crippen LogP) is 1.78. The molecule has 1 unspecified atom stereocenters. The van der Waals surface area contributed by atoms with Gasteiger partial charge in [0.1, 0.15) is 0 Å². The van der Waals surface area contributed by atoms with E-state index >= 15 is 0 Å². The number of hydrogen-bond acceptors (Lipinski definition) is 4. The van der Waals surface area contributed by atoms with E-state index in [2.05, 4.69) is 15.4 Å². The molecule has 1 aliphatic carbocycles. The van der Waals surface area contributed by atoms with Gasteiger partial charge in [0.05, 0.1) is 5.75 Å². The molecule has 1 aliphatic heterocycles. The average Bonchev–Trinajstić information content (AvgIpc) is 3.23. The number of carbonyl (C=O) groups excluding carboxylic acids is 1. The van der Waals surface area contributed by atoms with E-state index in [9.17, 15) is 13.2 Å². The monoisotopic (exact) mass is 337 g/mol. The summed E-state index contributed by atoms with van der Waals surface area (Å²) >= 11 is 0. The van der Waals surface area contributed by atoms with Crippen LogP contribution in [-0.2, 0) is 14.8 Å². The molecule has 1 spiro atoms. The van der Waals surface area contributed by atoms with Crippen molar-refractivity contribution in [2.45, 2.75) is 26.2 Å². The SMILES string of the molecule is CCS(=O)(=O)Nc1ccc(NC(=O)C2CC23CCNCC3)cc1. The maximum absolute atomic E-state index is 12.4. The molecule has 1 saturated carbocycles. The Morgan fingerprint density at radius 1 is 1.22 bits per heavy atom. The Kier molecular flexibility index (Phi) is 4.33. The number of piperidine rings is 1.